The van der Waals surface area contributed by atoms with Gasteiger partial charge in [0.25, 0.3) is 0 Å². The van der Waals surface area contributed by atoms with Gasteiger partial charge in [0.2, 0.25) is 0 Å². The molecule has 0 unspecified atom stereocenters. The number of carbonyl (C=O) groups is 1. The van der Waals surface area contributed by atoms with Crippen LogP contribution in [0.15, 0.2) is 24.3 Å². The normalized spacial score (nSPS) is 17.2. The van der Waals surface area contributed by atoms with Gasteiger partial charge in [0, 0.05) is 18.8 Å². The molecule has 0 amide bonds. The first-order valence-electron chi connectivity index (χ1n) is 7.52. The van der Waals surface area contributed by atoms with Gasteiger partial charge in [0.05, 0.1) is 5.92 Å². The molecule has 2 rings (SSSR count). The Morgan fingerprint density at radius 2 is 1.80 bits per heavy atom. The maximum absolute atomic E-state index is 11.0. The average Bonchev–Trinajstić information content (AvgIpc) is 2.47. The second-order valence-electron chi connectivity index (χ2n) is 6.38. The van der Waals surface area contributed by atoms with E-state index >= 15 is 0 Å². The van der Waals surface area contributed by atoms with Gasteiger partial charge < -0.3 is 10.0 Å². The minimum atomic E-state index is -0.648. The molecule has 0 bridgehead atoms. The molecule has 0 atom stereocenters. The van der Waals surface area contributed by atoms with E-state index in [0.29, 0.717) is 0 Å². The van der Waals surface area contributed by atoms with E-state index in [4.69, 9.17) is 5.11 Å². The summed E-state index contributed by atoms with van der Waals surface area (Å²) in [5.74, 6) is -0.811. The molecular formula is C17H25NO2. The van der Waals surface area contributed by atoms with Crippen LogP contribution in [0.4, 0.5) is 5.69 Å². The topological polar surface area (TPSA) is 40.5 Å². The minimum absolute atomic E-state index is 0.162. The summed E-state index contributed by atoms with van der Waals surface area (Å²) in [6, 6.07) is 8.77. The van der Waals surface area contributed by atoms with Crippen molar-refractivity contribution in [2.24, 2.45) is 5.92 Å². The molecule has 0 saturated carbocycles. The van der Waals surface area contributed by atoms with E-state index in [9.17, 15) is 4.79 Å². The zero-order valence-corrected chi connectivity index (χ0v) is 12.7. The number of carboxylic acids is 1. The highest BCUT2D eigenvalue weighted by atomic mass is 16.4. The first-order chi connectivity index (χ1) is 9.44. The maximum Gasteiger partial charge on any atom is 0.306 e. The predicted molar refractivity (Wildman–Crippen MR) is 82.3 cm³/mol. The molecule has 0 radical (unpaired) electrons. The molecule has 1 aromatic carbocycles. The molecule has 1 aliphatic rings. The third kappa shape index (κ3) is 3.14. The third-order valence-electron chi connectivity index (χ3n) is 4.74. The Morgan fingerprint density at radius 1 is 1.25 bits per heavy atom. The SMILES string of the molecule is CCC(C)(C)c1ccc(N2CCC(C(=O)O)CC2)cc1. The molecule has 1 heterocycles. The number of benzene rings is 1. The molecule has 1 N–H and O–H groups in total. The first kappa shape index (κ1) is 14.9. The lowest BCUT2D eigenvalue weighted by molar-refractivity contribution is -0.142. The van der Waals surface area contributed by atoms with E-state index in [1.807, 2.05) is 0 Å². The number of hydrogen-bond donors (Lipinski definition) is 1. The summed E-state index contributed by atoms with van der Waals surface area (Å²) in [7, 11) is 0. The molecule has 1 fully saturated rings. The van der Waals surface area contributed by atoms with Crippen LogP contribution >= 0.6 is 0 Å². The minimum Gasteiger partial charge on any atom is -0.481 e. The Bertz CT molecular complexity index is 456. The van der Waals surface area contributed by atoms with Crippen molar-refractivity contribution in [1.82, 2.24) is 0 Å². The monoisotopic (exact) mass is 275 g/mol. The predicted octanol–water partition coefficient (Wildman–Crippen LogP) is 3.68. The Morgan fingerprint density at radius 3 is 2.25 bits per heavy atom. The van der Waals surface area contributed by atoms with Crippen LogP contribution in [0.3, 0.4) is 0 Å². The zero-order chi connectivity index (χ0) is 14.8. The van der Waals surface area contributed by atoms with Crippen molar-refractivity contribution in [2.75, 3.05) is 18.0 Å². The molecule has 1 saturated heterocycles. The molecule has 0 aromatic heterocycles. The van der Waals surface area contributed by atoms with Crippen LogP contribution in [0.25, 0.3) is 0 Å². The number of nitrogens with zero attached hydrogens (tertiary/aromatic N) is 1. The van der Waals surface area contributed by atoms with Gasteiger partial charge in [-0.1, -0.05) is 32.9 Å². The summed E-state index contributed by atoms with van der Waals surface area (Å²) in [6.07, 6.45) is 2.62. The Hall–Kier alpha value is -1.51. The van der Waals surface area contributed by atoms with Gasteiger partial charge in [-0.2, -0.15) is 0 Å². The first-order valence-corrected chi connectivity index (χ1v) is 7.52. The van der Waals surface area contributed by atoms with Crippen molar-refractivity contribution in [2.45, 2.75) is 45.4 Å². The molecule has 3 heteroatoms. The second kappa shape index (κ2) is 5.86. The Balaban J connectivity index is 2.03. The third-order valence-corrected chi connectivity index (χ3v) is 4.74. The largest absolute Gasteiger partial charge is 0.481 e. The van der Waals surface area contributed by atoms with E-state index in [2.05, 4.69) is 49.9 Å². The van der Waals surface area contributed by atoms with Crippen molar-refractivity contribution in [3.05, 3.63) is 29.8 Å². The standard InChI is InChI=1S/C17H25NO2/c1-4-17(2,3)14-5-7-15(8-6-14)18-11-9-13(10-12-18)16(19)20/h5-8,13H,4,9-12H2,1-3H3,(H,19,20). The maximum atomic E-state index is 11.0. The van der Waals surface area contributed by atoms with E-state index in [1.165, 1.54) is 11.3 Å². The fourth-order valence-electron chi connectivity index (χ4n) is 2.71. The number of carboxylic acid groups (broad SMARTS) is 1. The summed E-state index contributed by atoms with van der Waals surface area (Å²) < 4.78 is 0. The van der Waals surface area contributed by atoms with Gasteiger partial charge in [-0.25, -0.2) is 0 Å². The van der Waals surface area contributed by atoms with Crippen LogP contribution < -0.4 is 4.90 Å². The molecule has 1 aromatic rings. The lowest BCUT2D eigenvalue weighted by Crippen LogP contribution is -2.36. The quantitative estimate of drug-likeness (QED) is 0.911. The summed E-state index contributed by atoms with van der Waals surface area (Å²) >= 11 is 0. The lowest BCUT2D eigenvalue weighted by Gasteiger charge is -2.32. The second-order valence-corrected chi connectivity index (χ2v) is 6.38. The van der Waals surface area contributed by atoms with Crippen molar-refractivity contribution >= 4 is 11.7 Å². The van der Waals surface area contributed by atoms with Crippen LogP contribution in [-0.4, -0.2) is 24.2 Å². The Labute approximate surface area is 121 Å². The zero-order valence-electron chi connectivity index (χ0n) is 12.7. The highest BCUT2D eigenvalue weighted by Crippen LogP contribution is 2.29. The van der Waals surface area contributed by atoms with Gasteiger partial charge in [-0.15, -0.1) is 0 Å². The molecule has 0 aliphatic carbocycles. The smallest absolute Gasteiger partial charge is 0.306 e. The molecule has 1 aliphatic heterocycles. The van der Waals surface area contributed by atoms with Crippen LogP contribution in [0, 0.1) is 5.92 Å². The summed E-state index contributed by atoms with van der Waals surface area (Å²) in [5, 5.41) is 9.03. The molecule has 3 nitrogen and oxygen atoms in total. The van der Waals surface area contributed by atoms with E-state index < -0.39 is 5.97 Å². The highest BCUT2D eigenvalue weighted by molar-refractivity contribution is 5.70. The number of aliphatic carboxylic acids is 1. The highest BCUT2D eigenvalue weighted by Gasteiger charge is 2.25. The van der Waals surface area contributed by atoms with Crippen molar-refractivity contribution in [3.8, 4) is 0 Å². The number of rotatable bonds is 4. The number of piperidine rings is 1. The van der Waals surface area contributed by atoms with Gasteiger partial charge in [-0.05, 0) is 42.4 Å². The fourth-order valence-corrected chi connectivity index (χ4v) is 2.71. The van der Waals surface area contributed by atoms with Gasteiger partial charge in [0.15, 0.2) is 0 Å². The van der Waals surface area contributed by atoms with Crippen LogP contribution in [-0.2, 0) is 10.2 Å². The number of hydrogen-bond acceptors (Lipinski definition) is 2. The van der Waals surface area contributed by atoms with E-state index in [0.717, 1.165) is 32.4 Å². The van der Waals surface area contributed by atoms with Crippen molar-refractivity contribution in [1.29, 1.82) is 0 Å². The van der Waals surface area contributed by atoms with Gasteiger partial charge in [-0.3, -0.25) is 4.79 Å². The molecule has 20 heavy (non-hydrogen) atoms. The average molecular weight is 275 g/mol. The Kier molecular flexibility index (Phi) is 4.36. The van der Waals surface area contributed by atoms with E-state index in [1.54, 1.807) is 0 Å². The van der Waals surface area contributed by atoms with Crippen LogP contribution in [0.5, 0.6) is 0 Å². The summed E-state index contributed by atoms with van der Waals surface area (Å²) in [4.78, 5) is 13.3. The van der Waals surface area contributed by atoms with Crippen molar-refractivity contribution in [3.63, 3.8) is 0 Å². The van der Waals surface area contributed by atoms with E-state index in [-0.39, 0.29) is 11.3 Å². The molecule has 110 valence electrons. The molecular weight excluding hydrogens is 250 g/mol. The lowest BCUT2D eigenvalue weighted by atomic mass is 9.82. The fraction of sp³-hybridized carbons (Fsp3) is 0.588. The molecule has 0 spiro atoms. The van der Waals surface area contributed by atoms with Gasteiger partial charge >= 0.3 is 5.97 Å². The summed E-state index contributed by atoms with van der Waals surface area (Å²) in [6.45, 7) is 8.42. The van der Waals surface area contributed by atoms with Crippen LogP contribution in [0.2, 0.25) is 0 Å². The van der Waals surface area contributed by atoms with Gasteiger partial charge in [0.1, 0.15) is 0 Å². The summed E-state index contributed by atoms with van der Waals surface area (Å²) in [5.41, 5.74) is 2.79. The number of anilines is 1. The van der Waals surface area contributed by atoms with Crippen LogP contribution in [0.1, 0.15) is 45.6 Å². The van der Waals surface area contributed by atoms with Crippen molar-refractivity contribution < 1.29 is 9.90 Å².